The first-order chi connectivity index (χ1) is 9.36. The summed E-state index contributed by atoms with van der Waals surface area (Å²) < 4.78 is 5.67. The highest BCUT2D eigenvalue weighted by molar-refractivity contribution is 5.96. The number of amides is 1. The molecule has 2 unspecified atom stereocenters. The Morgan fingerprint density at radius 1 is 1.50 bits per heavy atom. The summed E-state index contributed by atoms with van der Waals surface area (Å²) in [5.74, 6) is 0.0926. The zero-order valence-electron chi connectivity index (χ0n) is 12.6. The van der Waals surface area contributed by atoms with Crippen LogP contribution in [-0.4, -0.2) is 29.8 Å². The normalized spacial score (nSPS) is 24.0. The summed E-state index contributed by atoms with van der Waals surface area (Å²) in [6.45, 7) is 8.74. The summed E-state index contributed by atoms with van der Waals surface area (Å²) in [5.41, 5.74) is 1.34. The van der Waals surface area contributed by atoms with Crippen molar-refractivity contribution in [2.75, 3.05) is 6.61 Å². The van der Waals surface area contributed by atoms with E-state index in [1.807, 2.05) is 13.8 Å². The van der Waals surface area contributed by atoms with Gasteiger partial charge in [-0.05, 0) is 44.0 Å². The summed E-state index contributed by atoms with van der Waals surface area (Å²) in [6, 6.07) is 4.92. The number of ether oxygens (including phenoxy) is 1. The van der Waals surface area contributed by atoms with Crippen LogP contribution >= 0.6 is 0 Å². The third-order valence-electron chi connectivity index (χ3n) is 4.31. The first kappa shape index (κ1) is 14.9. The average Bonchev–Trinajstić information content (AvgIpc) is 2.37. The van der Waals surface area contributed by atoms with Crippen LogP contribution in [0.5, 0.6) is 5.75 Å². The fraction of sp³-hybridized carbons (Fsp3) is 0.562. The number of carbonyl (C=O) groups is 1. The molecule has 1 aliphatic rings. The van der Waals surface area contributed by atoms with Gasteiger partial charge in [-0.3, -0.25) is 4.79 Å². The summed E-state index contributed by atoms with van der Waals surface area (Å²) in [4.78, 5) is 12.3. The Hall–Kier alpha value is -1.55. The molecular weight excluding hydrogens is 254 g/mol. The van der Waals surface area contributed by atoms with Gasteiger partial charge in [-0.2, -0.15) is 0 Å². The highest BCUT2D eigenvalue weighted by Crippen LogP contribution is 2.42. The van der Waals surface area contributed by atoms with E-state index in [-0.39, 0.29) is 29.2 Å². The molecule has 1 aliphatic carbocycles. The molecule has 2 atom stereocenters. The average molecular weight is 277 g/mol. The van der Waals surface area contributed by atoms with E-state index in [2.05, 4.69) is 19.2 Å². The van der Waals surface area contributed by atoms with Crippen molar-refractivity contribution >= 4 is 5.91 Å². The molecule has 0 heterocycles. The maximum Gasteiger partial charge on any atom is 0.251 e. The smallest absolute Gasteiger partial charge is 0.251 e. The molecule has 4 nitrogen and oxygen atoms in total. The second kappa shape index (κ2) is 5.44. The van der Waals surface area contributed by atoms with E-state index in [0.717, 1.165) is 12.0 Å². The van der Waals surface area contributed by atoms with Crippen LogP contribution in [0.2, 0.25) is 0 Å². The monoisotopic (exact) mass is 277 g/mol. The van der Waals surface area contributed by atoms with Gasteiger partial charge >= 0.3 is 0 Å². The van der Waals surface area contributed by atoms with E-state index >= 15 is 0 Å². The van der Waals surface area contributed by atoms with Gasteiger partial charge in [-0.15, -0.1) is 0 Å². The third-order valence-corrected chi connectivity index (χ3v) is 4.31. The van der Waals surface area contributed by atoms with Crippen molar-refractivity contribution in [3.8, 4) is 5.75 Å². The first-order valence-electron chi connectivity index (χ1n) is 7.08. The Bertz CT molecular complexity index is 510. The van der Waals surface area contributed by atoms with Crippen molar-refractivity contribution in [1.29, 1.82) is 0 Å². The number of benzene rings is 1. The molecule has 0 radical (unpaired) electrons. The van der Waals surface area contributed by atoms with Gasteiger partial charge in [0.05, 0.1) is 6.10 Å². The molecule has 2 rings (SSSR count). The zero-order valence-corrected chi connectivity index (χ0v) is 12.6. The van der Waals surface area contributed by atoms with E-state index in [9.17, 15) is 9.90 Å². The van der Waals surface area contributed by atoms with Crippen LogP contribution in [0, 0.1) is 12.3 Å². The van der Waals surface area contributed by atoms with Gasteiger partial charge in [0.2, 0.25) is 0 Å². The van der Waals surface area contributed by atoms with Crippen LogP contribution in [0.3, 0.4) is 0 Å². The largest absolute Gasteiger partial charge is 0.508 e. The minimum Gasteiger partial charge on any atom is -0.508 e. The first-order valence-corrected chi connectivity index (χ1v) is 7.08. The predicted molar refractivity (Wildman–Crippen MR) is 77.9 cm³/mol. The number of nitrogens with one attached hydrogen (secondary N) is 1. The maximum atomic E-state index is 12.3. The lowest BCUT2D eigenvalue weighted by molar-refractivity contribution is -0.111. The number of carbonyl (C=O) groups excluding carboxylic acids is 1. The fourth-order valence-corrected chi connectivity index (χ4v) is 2.75. The predicted octanol–water partition coefficient (Wildman–Crippen LogP) is 2.63. The van der Waals surface area contributed by atoms with E-state index < -0.39 is 0 Å². The van der Waals surface area contributed by atoms with Gasteiger partial charge < -0.3 is 15.2 Å². The molecule has 1 saturated carbocycles. The molecule has 0 aromatic heterocycles. The van der Waals surface area contributed by atoms with Crippen molar-refractivity contribution in [1.82, 2.24) is 5.32 Å². The van der Waals surface area contributed by atoms with Crippen molar-refractivity contribution in [3.05, 3.63) is 29.3 Å². The second-order valence-electron chi connectivity index (χ2n) is 6.03. The summed E-state index contributed by atoms with van der Waals surface area (Å²) in [5, 5.41) is 12.5. The molecule has 1 aromatic carbocycles. The Labute approximate surface area is 120 Å². The quantitative estimate of drug-likeness (QED) is 0.889. The number of aromatic hydroxyl groups is 1. The standard InChI is InChI=1S/C16H23NO3/c1-5-20-14-9-13(16(14,3)4)17-15(19)12-7-6-11(18)8-10(12)2/h6-8,13-14,18H,5,9H2,1-4H3,(H,17,19). The molecule has 0 bridgehead atoms. The second-order valence-corrected chi connectivity index (χ2v) is 6.03. The SMILES string of the molecule is CCOC1CC(NC(=O)c2ccc(O)cc2C)C1(C)C. The van der Waals surface area contributed by atoms with Gasteiger partial charge in [-0.25, -0.2) is 0 Å². The number of hydrogen-bond acceptors (Lipinski definition) is 3. The van der Waals surface area contributed by atoms with Crippen LogP contribution in [0.15, 0.2) is 18.2 Å². The molecule has 0 spiro atoms. The molecule has 110 valence electrons. The summed E-state index contributed by atoms with van der Waals surface area (Å²) >= 11 is 0. The Balaban J connectivity index is 2.03. The van der Waals surface area contributed by atoms with Crippen molar-refractivity contribution < 1.29 is 14.6 Å². The Morgan fingerprint density at radius 2 is 2.20 bits per heavy atom. The Morgan fingerprint density at radius 3 is 2.75 bits per heavy atom. The van der Waals surface area contributed by atoms with Gasteiger partial charge in [0, 0.05) is 23.6 Å². The minimum absolute atomic E-state index is 0.0451. The molecule has 1 aromatic rings. The van der Waals surface area contributed by atoms with E-state index in [4.69, 9.17) is 4.74 Å². The van der Waals surface area contributed by atoms with Crippen LogP contribution in [-0.2, 0) is 4.74 Å². The van der Waals surface area contributed by atoms with Gasteiger partial charge in [0.1, 0.15) is 5.75 Å². The number of hydrogen-bond donors (Lipinski definition) is 2. The van der Waals surface area contributed by atoms with E-state index in [1.165, 1.54) is 6.07 Å². The van der Waals surface area contributed by atoms with Gasteiger partial charge in [-0.1, -0.05) is 13.8 Å². The molecule has 4 heteroatoms. The Kier molecular flexibility index (Phi) is 4.04. The van der Waals surface area contributed by atoms with Crippen molar-refractivity contribution in [2.45, 2.75) is 46.3 Å². The van der Waals surface area contributed by atoms with E-state index in [0.29, 0.717) is 12.2 Å². The fourth-order valence-electron chi connectivity index (χ4n) is 2.75. The third kappa shape index (κ3) is 2.66. The number of phenolic OH excluding ortho intramolecular Hbond substituents is 1. The highest BCUT2D eigenvalue weighted by atomic mass is 16.5. The lowest BCUT2D eigenvalue weighted by Crippen LogP contribution is -2.62. The maximum absolute atomic E-state index is 12.3. The number of phenols is 1. The van der Waals surface area contributed by atoms with Crippen molar-refractivity contribution in [3.63, 3.8) is 0 Å². The highest BCUT2D eigenvalue weighted by Gasteiger charge is 2.49. The van der Waals surface area contributed by atoms with E-state index in [1.54, 1.807) is 12.1 Å². The molecule has 1 amide bonds. The van der Waals surface area contributed by atoms with Crippen molar-refractivity contribution in [2.24, 2.45) is 5.41 Å². The lowest BCUT2D eigenvalue weighted by atomic mass is 9.64. The number of aryl methyl sites for hydroxylation is 1. The molecular formula is C16H23NO3. The molecule has 2 N–H and O–H groups in total. The lowest BCUT2D eigenvalue weighted by Gasteiger charge is -2.51. The number of rotatable bonds is 4. The molecule has 0 aliphatic heterocycles. The van der Waals surface area contributed by atoms with Crippen LogP contribution < -0.4 is 5.32 Å². The van der Waals surface area contributed by atoms with Crippen LogP contribution in [0.1, 0.15) is 43.1 Å². The summed E-state index contributed by atoms with van der Waals surface area (Å²) in [7, 11) is 0. The summed E-state index contributed by atoms with van der Waals surface area (Å²) in [6.07, 6.45) is 1.06. The molecule has 20 heavy (non-hydrogen) atoms. The van der Waals surface area contributed by atoms with Crippen LogP contribution in [0.4, 0.5) is 0 Å². The minimum atomic E-state index is -0.0875. The van der Waals surface area contributed by atoms with Crippen LogP contribution in [0.25, 0.3) is 0 Å². The van der Waals surface area contributed by atoms with Gasteiger partial charge in [0.25, 0.3) is 5.91 Å². The zero-order chi connectivity index (χ0) is 14.9. The molecule has 1 fully saturated rings. The van der Waals surface area contributed by atoms with Gasteiger partial charge in [0.15, 0.2) is 0 Å². The topological polar surface area (TPSA) is 58.6 Å². The molecule has 0 saturated heterocycles.